The Bertz CT molecular complexity index is 542. The molecule has 2 nitrogen and oxygen atoms in total. The summed E-state index contributed by atoms with van der Waals surface area (Å²) < 4.78 is 0. The van der Waals surface area contributed by atoms with E-state index < -0.39 is 0 Å². The minimum absolute atomic E-state index is 0.182. The fourth-order valence-electron chi connectivity index (χ4n) is 3.52. The van der Waals surface area contributed by atoms with E-state index >= 15 is 0 Å². The largest absolute Gasteiger partial charge is 0.372 e. The van der Waals surface area contributed by atoms with Gasteiger partial charge in [0.25, 0.3) is 0 Å². The lowest BCUT2D eigenvalue weighted by Crippen LogP contribution is -2.48. The van der Waals surface area contributed by atoms with Crippen molar-refractivity contribution < 1.29 is 0 Å². The van der Waals surface area contributed by atoms with Crippen LogP contribution in [0.4, 0.5) is 0 Å². The summed E-state index contributed by atoms with van der Waals surface area (Å²) in [5.74, 6) is 2.29. The summed E-state index contributed by atoms with van der Waals surface area (Å²) in [6, 6.07) is 10.8. The van der Waals surface area contributed by atoms with Gasteiger partial charge in [-0.15, -0.1) is 0 Å². The van der Waals surface area contributed by atoms with Crippen molar-refractivity contribution in [3.63, 3.8) is 0 Å². The normalized spacial score (nSPS) is 16.5. The van der Waals surface area contributed by atoms with E-state index in [9.17, 15) is 0 Å². The topological polar surface area (TPSA) is 24.1 Å². The molecule has 24 heavy (non-hydrogen) atoms. The molecule has 0 aliphatic heterocycles. The minimum Gasteiger partial charge on any atom is -0.372 e. The molecule has 0 amide bonds. The van der Waals surface area contributed by atoms with Gasteiger partial charge in [-0.2, -0.15) is 0 Å². The summed E-state index contributed by atoms with van der Waals surface area (Å²) in [4.78, 5) is 0. The summed E-state index contributed by atoms with van der Waals surface area (Å²) in [5, 5.41) is 7.22. The lowest BCUT2D eigenvalue weighted by atomic mass is 9.77. The average Bonchev–Trinajstić information content (AvgIpc) is 3.42. The third kappa shape index (κ3) is 4.43. The Labute approximate surface area is 148 Å². The van der Waals surface area contributed by atoms with Crippen molar-refractivity contribution in [1.29, 1.82) is 0 Å². The smallest absolute Gasteiger partial charge is 0.0922 e. The molecule has 1 fully saturated rings. The molecular weight excluding hydrogens is 292 g/mol. The van der Waals surface area contributed by atoms with E-state index in [-0.39, 0.29) is 5.54 Å². The van der Waals surface area contributed by atoms with E-state index in [1.165, 1.54) is 36.8 Å². The van der Waals surface area contributed by atoms with Crippen LogP contribution in [0.2, 0.25) is 0 Å². The van der Waals surface area contributed by atoms with Crippen LogP contribution in [0.1, 0.15) is 58.4 Å². The molecule has 0 heterocycles. The first-order valence-corrected chi connectivity index (χ1v) is 9.45. The van der Waals surface area contributed by atoms with Crippen LogP contribution in [-0.4, -0.2) is 6.54 Å². The van der Waals surface area contributed by atoms with Gasteiger partial charge in [0.15, 0.2) is 0 Å². The quantitative estimate of drug-likeness (QED) is 0.423. The second-order valence-corrected chi connectivity index (χ2v) is 7.47. The number of hydrogen-bond donors (Lipinski definition) is 2. The fourth-order valence-corrected chi connectivity index (χ4v) is 3.52. The van der Waals surface area contributed by atoms with Crippen molar-refractivity contribution >= 4 is 0 Å². The minimum atomic E-state index is -0.182. The molecule has 1 aromatic rings. The van der Waals surface area contributed by atoms with Crippen molar-refractivity contribution in [2.45, 2.75) is 58.4 Å². The number of hydrogen-bond acceptors (Lipinski definition) is 2. The van der Waals surface area contributed by atoms with Gasteiger partial charge in [0.05, 0.1) is 11.4 Å². The molecule has 132 valence electrons. The predicted octanol–water partition coefficient (Wildman–Crippen LogP) is 5.34. The van der Waals surface area contributed by atoms with E-state index in [2.05, 4.69) is 74.9 Å². The van der Waals surface area contributed by atoms with E-state index in [0.717, 1.165) is 24.7 Å². The standard InChI is InChI=1S/C22H34N2/c1-6-18(4)22(21-14-15-21,20-12-8-7-9-13-20)24-19(5)23-16-10-11-17(2)3/h7-9,12-13,17,21,23-24H,4-6,10-11,14-16H2,1-3H3. The van der Waals surface area contributed by atoms with E-state index in [1.54, 1.807) is 0 Å². The molecule has 1 aliphatic rings. The molecule has 1 saturated carbocycles. The van der Waals surface area contributed by atoms with Crippen LogP contribution in [0.3, 0.4) is 0 Å². The second kappa shape index (κ2) is 8.41. The Morgan fingerprint density at radius 1 is 1.21 bits per heavy atom. The molecule has 1 aromatic carbocycles. The van der Waals surface area contributed by atoms with Gasteiger partial charge in [-0.05, 0) is 55.1 Å². The number of rotatable bonds is 11. The lowest BCUT2D eigenvalue weighted by molar-refractivity contribution is 0.357. The Balaban J connectivity index is 2.12. The molecular formula is C22H34N2. The van der Waals surface area contributed by atoms with Crippen LogP contribution in [0.5, 0.6) is 0 Å². The highest BCUT2D eigenvalue weighted by molar-refractivity contribution is 5.38. The Morgan fingerprint density at radius 3 is 2.42 bits per heavy atom. The monoisotopic (exact) mass is 326 g/mol. The lowest BCUT2D eigenvalue weighted by Gasteiger charge is -2.39. The molecule has 0 spiro atoms. The van der Waals surface area contributed by atoms with E-state index in [0.29, 0.717) is 5.92 Å². The zero-order valence-corrected chi connectivity index (χ0v) is 15.7. The molecule has 0 bridgehead atoms. The van der Waals surface area contributed by atoms with Crippen LogP contribution >= 0.6 is 0 Å². The van der Waals surface area contributed by atoms with Crippen LogP contribution in [0, 0.1) is 11.8 Å². The summed E-state index contributed by atoms with van der Waals surface area (Å²) >= 11 is 0. The fraction of sp³-hybridized carbons (Fsp3) is 0.545. The highest BCUT2D eigenvalue weighted by Gasteiger charge is 2.48. The van der Waals surface area contributed by atoms with Crippen LogP contribution in [0.25, 0.3) is 0 Å². The van der Waals surface area contributed by atoms with Gasteiger partial charge in [-0.3, -0.25) is 0 Å². The van der Waals surface area contributed by atoms with Crippen molar-refractivity contribution in [3.8, 4) is 0 Å². The molecule has 1 aliphatic carbocycles. The van der Waals surface area contributed by atoms with Crippen molar-refractivity contribution in [3.05, 3.63) is 60.4 Å². The van der Waals surface area contributed by atoms with Crippen molar-refractivity contribution in [2.24, 2.45) is 11.8 Å². The maximum Gasteiger partial charge on any atom is 0.0922 e. The van der Waals surface area contributed by atoms with Gasteiger partial charge in [-0.25, -0.2) is 0 Å². The Kier molecular flexibility index (Phi) is 6.53. The number of benzene rings is 1. The third-order valence-corrected chi connectivity index (χ3v) is 5.05. The zero-order chi connectivity index (χ0) is 17.6. The van der Waals surface area contributed by atoms with Crippen LogP contribution in [-0.2, 0) is 5.54 Å². The number of nitrogens with one attached hydrogen (secondary N) is 2. The van der Waals surface area contributed by atoms with Crippen LogP contribution < -0.4 is 10.6 Å². The van der Waals surface area contributed by atoms with Gasteiger partial charge in [-0.1, -0.05) is 64.3 Å². The molecule has 1 atom stereocenters. The van der Waals surface area contributed by atoms with Crippen molar-refractivity contribution in [2.75, 3.05) is 6.54 Å². The maximum absolute atomic E-state index is 4.42. The second-order valence-electron chi connectivity index (χ2n) is 7.47. The Morgan fingerprint density at radius 2 is 1.88 bits per heavy atom. The van der Waals surface area contributed by atoms with E-state index in [1.807, 2.05) is 0 Å². The highest BCUT2D eigenvalue weighted by atomic mass is 15.1. The summed E-state index contributed by atoms with van der Waals surface area (Å²) in [6.45, 7) is 16.4. The first-order valence-electron chi connectivity index (χ1n) is 9.45. The molecule has 0 radical (unpaired) electrons. The molecule has 0 aromatic heterocycles. The van der Waals surface area contributed by atoms with Gasteiger partial charge < -0.3 is 10.6 Å². The molecule has 0 saturated heterocycles. The SMILES string of the molecule is C=C(NCCCC(C)C)NC(C(=C)CC)(c1ccccc1)C1CC1. The predicted molar refractivity (Wildman–Crippen MR) is 105 cm³/mol. The van der Waals surface area contributed by atoms with Gasteiger partial charge in [0.1, 0.15) is 0 Å². The molecule has 1 unspecified atom stereocenters. The van der Waals surface area contributed by atoms with Gasteiger partial charge >= 0.3 is 0 Å². The average molecular weight is 327 g/mol. The molecule has 2 heteroatoms. The first-order chi connectivity index (χ1) is 11.5. The van der Waals surface area contributed by atoms with Gasteiger partial charge in [0, 0.05) is 6.54 Å². The Hall–Kier alpha value is -1.70. The summed E-state index contributed by atoms with van der Waals surface area (Å²) in [7, 11) is 0. The molecule has 2 N–H and O–H groups in total. The third-order valence-electron chi connectivity index (χ3n) is 5.05. The van der Waals surface area contributed by atoms with Crippen molar-refractivity contribution in [1.82, 2.24) is 10.6 Å². The zero-order valence-electron chi connectivity index (χ0n) is 15.7. The maximum atomic E-state index is 4.42. The highest BCUT2D eigenvalue weighted by Crippen LogP contribution is 2.50. The summed E-state index contributed by atoms with van der Waals surface area (Å²) in [6.07, 6.45) is 5.89. The van der Waals surface area contributed by atoms with Crippen LogP contribution in [0.15, 0.2) is 54.9 Å². The van der Waals surface area contributed by atoms with Gasteiger partial charge in [0.2, 0.25) is 0 Å². The first kappa shape index (κ1) is 18.6. The molecule has 2 rings (SSSR count). The summed E-state index contributed by atoms with van der Waals surface area (Å²) in [5.41, 5.74) is 2.38. The van der Waals surface area contributed by atoms with E-state index in [4.69, 9.17) is 0 Å².